The molecule has 0 aromatic rings. The van der Waals surface area contributed by atoms with Crippen molar-refractivity contribution in [1.82, 2.24) is 0 Å². The van der Waals surface area contributed by atoms with Gasteiger partial charge >= 0.3 is 0 Å². The van der Waals surface area contributed by atoms with E-state index in [4.69, 9.17) is 34.5 Å². The predicted octanol–water partition coefficient (Wildman–Crippen LogP) is -1.06. The maximum Gasteiger partial charge on any atom is 0.149 e. The highest BCUT2D eigenvalue weighted by Crippen LogP contribution is 1.83. The lowest BCUT2D eigenvalue weighted by Gasteiger charge is -2.01. The Morgan fingerprint density at radius 1 is 0.704 bits per heavy atom. The summed E-state index contributed by atoms with van der Waals surface area (Å²) in [5, 5.41) is 8.20. The van der Waals surface area contributed by atoms with Crippen LogP contribution in [0.4, 0.5) is 0 Å². The second-order valence-electron chi connectivity index (χ2n) is 4.96. The van der Waals surface area contributed by atoms with Crippen LogP contribution in [0.15, 0.2) is 0 Å². The van der Waals surface area contributed by atoms with Crippen molar-refractivity contribution in [2.24, 2.45) is 5.73 Å². The minimum Gasteiger partial charge on any atom is -0.394 e. The SMILES string of the molecule is COCCOCCN.COCCOCCO.COCCOCCS(C)(=O)=O. The molecule has 11 heteroatoms. The fourth-order valence-corrected chi connectivity index (χ4v) is 1.51. The Morgan fingerprint density at radius 3 is 1.44 bits per heavy atom. The third-order valence-corrected chi connectivity index (χ3v) is 3.30. The summed E-state index contributed by atoms with van der Waals surface area (Å²) >= 11 is 0. The van der Waals surface area contributed by atoms with E-state index in [1.54, 1.807) is 21.3 Å². The standard InChI is InChI=1S/C6H14O4S.C5H13NO2.C5H12O3/c1-9-3-4-10-5-6-11(2,7)8;2*1-7-4-5-8-3-2-6/h3-6H2,1-2H3;2-6H2,1H3;6H,2-5H2,1H3. The number of aliphatic hydroxyl groups is 1. The maximum atomic E-state index is 10.6. The summed E-state index contributed by atoms with van der Waals surface area (Å²) in [7, 11) is 1.95. The molecule has 0 bridgehead atoms. The highest BCUT2D eigenvalue weighted by Gasteiger charge is 2.00. The van der Waals surface area contributed by atoms with Gasteiger partial charge in [-0.15, -0.1) is 0 Å². The van der Waals surface area contributed by atoms with Crippen LogP contribution in [0.2, 0.25) is 0 Å². The van der Waals surface area contributed by atoms with Gasteiger partial charge in [-0.1, -0.05) is 0 Å². The number of sulfone groups is 1. The van der Waals surface area contributed by atoms with E-state index in [0.29, 0.717) is 59.4 Å². The second-order valence-corrected chi connectivity index (χ2v) is 7.22. The van der Waals surface area contributed by atoms with Gasteiger partial charge in [-0.05, 0) is 0 Å². The first-order chi connectivity index (χ1) is 12.9. The molecule has 0 fully saturated rings. The molecule has 27 heavy (non-hydrogen) atoms. The third kappa shape index (κ3) is 46.0. The van der Waals surface area contributed by atoms with Crippen molar-refractivity contribution in [3.8, 4) is 0 Å². The Hall–Kier alpha value is -0.370. The van der Waals surface area contributed by atoms with Gasteiger partial charge in [-0.3, -0.25) is 0 Å². The number of rotatable bonds is 16. The summed E-state index contributed by atoms with van der Waals surface area (Å²) in [5.41, 5.74) is 5.14. The first kappa shape index (κ1) is 31.3. The van der Waals surface area contributed by atoms with Crippen LogP contribution in [0.3, 0.4) is 0 Å². The summed E-state index contributed by atoms with van der Waals surface area (Å²) in [6, 6.07) is 0. The molecule has 0 saturated heterocycles. The van der Waals surface area contributed by atoms with E-state index in [-0.39, 0.29) is 19.0 Å². The van der Waals surface area contributed by atoms with Crippen LogP contribution in [0.25, 0.3) is 0 Å². The molecule has 0 spiro atoms. The van der Waals surface area contributed by atoms with Gasteiger partial charge in [0.2, 0.25) is 0 Å². The van der Waals surface area contributed by atoms with Gasteiger partial charge in [0, 0.05) is 34.1 Å². The first-order valence-electron chi connectivity index (χ1n) is 8.58. The lowest BCUT2D eigenvalue weighted by Crippen LogP contribution is -2.12. The molecular weight excluding hydrogens is 382 g/mol. The second kappa shape index (κ2) is 27.8. The quantitative estimate of drug-likeness (QED) is 0.297. The number of ether oxygens (including phenoxy) is 6. The molecule has 3 N–H and O–H groups in total. The number of hydrogen-bond donors (Lipinski definition) is 2. The molecule has 0 aromatic carbocycles. The van der Waals surface area contributed by atoms with Gasteiger partial charge in [0.1, 0.15) is 9.84 Å². The Labute approximate surface area is 164 Å². The molecular formula is C16H39NO9S. The van der Waals surface area contributed by atoms with Gasteiger partial charge in [0.25, 0.3) is 0 Å². The van der Waals surface area contributed by atoms with Gasteiger partial charge in [-0.25, -0.2) is 8.42 Å². The van der Waals surface area contributed by atoms with Crippen molar-refractivity contribution < 1.29 is 41.9 Å². The smallest absolute Gasteiger partial charge is 0.149 e. The normalized spacial score (nSPS) is 10.6. The summed E-state index contributed by atoms with van der Waals surface area (Å²) < 4.78 is 50.0. The Bertz CT molecular complexity index is 319. The molecule has 0 aromatic heterocycles. The average Bonchev–Trinajstić information content (AvgIpc) is 2.63. The summed E-state index contributed by atoms with van der Waals surface area (Å²) in [6.07, 6.45) is 1.19. The molecule has 0 aliphatic rings. The van der Waals surface area contributed by atoms with Crippen molar-refractivity contribution in [2.75, 3.05) is 106 Å². The fraction of sp³-hybridized carbons (Fsp3) is 1.00. The lowest BCUT2D eigenvalue weighted by atomic mass is 10.7. The van der Waals surface area contributed by atoms with Crippen molar-refractivity contribution in [3.63, 3.8) is 0 Å². The van der Waals surface area contributed by atoms with Crippen LogP contribution in [0.5, 0.6) is 0 Å². The van der Waals surface area contributed by atoms with Crippen LogP contribution >= 0.6 is 0 Å². The van der Waals surface area contributed by atoms with E-state index in [9.17, 15) is 8.42 Å². The molecule has 168 valence electrons. The van der Waals surface area contributed by atoms with Crippen LogP contribution in [-0.2, 0) is 38.3 Å². The van der Waals surface area contributed by atoms with Gasteiger partial charge in [-0.2, -0.15) is 0 Å². The largest absolute Gasteiger partial charge is 0.394 e. The molecule has 0 atom stereocenters. The van der Waals surface area contributed by atoms with Crippen molar-refractivity contribution in [1.29, 1.82) is 0 Å². The van der Waals surface area contributed by atoms with Crippen molar-refractivity contribution in [3.05, 3.63) is 0 Å². The Morgan fingerprint density at radius 2 is 1.11 bits per heavy atom. The zero-order chi connectivity index (χ0) is 21.2. The summed E-state index contributed by atoms with van der Waals surface area (Å²) in [4.78, 5) is 0. The monoisotopic (exact) mass is 421 g/mol. The molecule has 0 aliphatic carbocycles. The van der Waals surface area contributed by atoms with E-state index >= 15 is 0 Å². The van der Waals surface area contributed by atoms with Gasteiger partial charge in [0.15, 0.2) is 0 Å². The summed E-state index contributed by atoms with van der Waals surface area (Å²) in [5.74, 6) is 0.0801. The van der Waals surface area contributed by atoms with Crippen molar-refractivity contribution in [2.45, 2.75) is 0 Å². The van der Waals surface area contributed by atoms with Crippen LogP contribution in [-0.4, -0.2) is 119 Å². The minimum atomic E-state index is -2.88. The molecule has 10 nitrogen and oxygen atoms in total. The van der Waals surface area contributed by atoms with E-state index in [2.05, 4.69) is 4.74 Å². The van der Waals surface area contributed by atoms with Gasteiger partial charge < -0.3 is 39.3 Å². The molecule has 0 rings (SSSR count). The molecule has 0 amide bonds. The molecule has 0 saturated carbocycles. The highest BCUT2D eigenvalue weighted by molar-refractivity contribution is 7.90. The van der Waals surface area contributed by atoms with Gasteiger partial charge in [0.05, 0.1) is 71.8 Å². The number of nitrogens with two attached hydrogens (primary N) is 1. The first-order valence-corrected chi connectivity index (χ1v) is 10.6. The van der Waals surface area contributed by atoms with Crippen molar-refractivity contribution >= 4 is 9.84 Å². The number of methoxy groups -OCH3 is 3. The number of aliphatic hydroxyl groups excluding tert-OH is 1. The Balaban J connectivity index is -0.000000327. The molecule has 0 radical (unpaired) electrons. The zero-order valence-corrected chi connectivity index (χ0v) is 18.0. The zero-order valence-electron chi connectivity index (χ0n) is 17.2. The molecule has 0 heterocycles. The Kier molecular flexibility index (Phi) is 32.3. The van der Waals surface area contributed by atoms with Crippen LogP contribution < -0.4 is 5.73 Å². The van der Waals surface area contributed by atoms with Crippen LogP contribution in [0, 0.1) is 0 Å². The average molecular weight is 422 g/mol. The van der Waals surface area contributed by atoms with E-state index < -0.39 is 9.84 Å². The third-order valence-electron chi connectivity index (χ3n) is 2.39. The lowest BCUT2D eigenvalue weighted by molar-refractivity contribution is 0.0500. The molecule has 0 unspecified atom stereocenters. The van der Waals surface area contributed by atoms with Crippen LogP contribution in [0.1, 0.15) is 0 Å². The topological polar surface area (TPSA) is 136 Å². The minimum absolute atomic E-state index is 0.0801. The predicted molar refractivity (Wildman–Crippen MR) is 104 cm³/mol. The highest BCUT2D eigenvalue weighted by atomic mass is 32.2. The van der Waals surface area contributed by atoms with E-state index in [0.717, 1.165) is 0 Å². The fourth-order valence-electron chi connectivity index (χ4n) is 1.09. The van der Waals surface area contributed by atoms with E-state index in [1.165, 1.54) is 6.26 Å². The maximum absolute atomic E-state index is 10.6. The number of hydrogen-bond acceptors (Lipinski definition) is 10. The summed E-state index contributed by atoms with van der Waals surface area (Å²) in [6.45, 7) is 5.38. The van der Waals surface area contributed by atoms with E-state index in [1.807, 2.05) is 0 Å². The molecule has 0 aliphatic heterocycles.